The van der Waals surface area contributed by atoms with Crippen LogP contribution in [0, 0.1) is 0 Å². The van der Waals surface area contributed by atoms with Gasteiger partial charge in [0.15, 0.2) is 0 Å². The van der Waals surface area contributed by atoms with Crippen LogP contribution in [0.15, 0.2) is 5.38 Å². The van der Waals surface area contributed by atoms with E-state index in [0.717, 1.165) is 31.9 Å². The van der Waals surface area contributed by atoms with Gasteiger partial charge < -0.3 is 10.1 Å². The van der Waals surface area contributed by atoms with Gasteiger partial charge in [-0.2, -0.15) is 0 Å². The summed E-state index contributed by atoms with van der Waals surface area (Å²) in [4.78, 5) is 18.2. The summed E-state index contributed by atoms with van der Waals surface area (Å²) < 4.78 is 4.94. The first-order valence-electron chi connectivity index (χ1n) is 6.27. The first-order chi connectivity index (χ1) is 8.70. The molecule has 1 aliphatic heterocycles. The molecule has 1 aliphatic rings. The molecule has 2 heterocycles. The third-order valence-electron chi connectivity index (χ3n) is 3.01. The molecule has 2 rings (SSSR count). The number of carbonyl (C=O) groups excluding carboxylic acids is 1. The van der Waals surface area contributed by atoms with Crippen LogP contribution in [0.2, 0.25) is 0 Å². The number of thiazole rings is 1. The SMILES string of the molecule is CCOC(=O)c1nc(CN2CCNCC2C)cs1. The van der Waals surface area contributed by atoms with Crippen LogP contribution in [0.3, 0.4) is 0 Å². The van der Waals surface area contributed by atoms with Crippen molar-refractivity contribution in [3.8, 4) is 0 Å². The average molecular weight is 269 g/mol. The topological polar surface area (TPSA) is 54.5 Å². The Bertz CT molecular complexity index is 408. The molecule has 6 heteroatoms. The number of ether oxygens (including phenoxy) is 1. The Balaban J connectivity index is 1.95. The fourth-order valence-corrected chi connectivity index (χ4v) is 2.69. The fraction of sp³-hybridized carbons (Fsp3) is 0.667. The number of hydrogen-bond donors (Lipinski definition) is 1. The van der Waals surface area contributed by atoms with E-state index in [4.69, 9.17) is 4.74 Å². The first kappa shape index (κ1) is 13.5. The summed E-state index contributed by atoms with van der Waals surface area (Å²) in [6, 6.07) is 0.506. The van der Waals surface area contributed by atoms with Crippen molar-refractivity contribution < 1.29 is 9.53 Å². The van der Waals surface area contributed by atoms with Gasteiger partial charge in [0.1, 0.15) is 0 Å². The standard InChI is InChI=1S/C12H19N3O2S/c1-3-17-12(16)11-14-10(8-18-11)7-15-5-4-13-6-9(15)2/h8-9,13H,3-7H2,1-2H3. The number of piperazine rings is 1. The maximum Gasteiger partial charge on any atom is 0.367 e. The second kappa shape index (κ2) is 6.26. The summed E-state index contributed by atoms with van der Waals surface area (Å²) in [6.45, 7) is 8.24. The Labute approximate surface area is 111 Å². The molecule has 100 valence electrons. The Morgan fingerprint density at radius 2 is 2.56 bits per heavy atom. The van der Waals surface area contributed by atoms with Crippen molar-refractivity contribution in [2.45, 2.75) is 26.4 Å². The molecule has 1 atom stereocenters. The predicted octanol–water partition coefficient (Wildman–Crippen LogP) is 1.11. The van der Waals surface area contributed by atoms with Crippen LogP contribution in [0.5, 0.6) is 0 Å². The van der Waals surface area contributed by atoms with Gasteiger partial charge in [0.2, 0.25) is 5.01 Å². The summed E-state index contributed by atoms with van der Waals surface area (Å²) in [5, 5.41) is 5.76. The van der Waals surface area contributed by atoms with Crippen molar-refractivity contribution in [2.24, 2.45) is 0 Å². The van der Waals surface area contributed by atoms with Crippen molar-refractivity contribution in [1.82, 2.24) is 15.2 Å². The Kier molecular flexibility index (Phi) is 4.68. The largest absolute Gasteiger partial charge is 0.461 e. The maximum absolute atomic E-state index is 11.5. The van der Waals surface area contributed by atoms with Crippen molar-refractivity contribution in [3.05, 3.63) is 16.1 Å². The van der Waals surface area contributed by atoms with Crippen LogP contribution < -0.4 is 5.32 Å². The zero-order valence-corrected chi connectivity index (χ0v) is 11.6. The molecule has 0 amide bonds. The molecule has 1 fully saturated rings. The van der Waals surface area contributed by atoms with Gasteiger partial charge in [-0.15, -0.1) is 11.3 Å². The normalized spacial score (nSPS) is 20.9. The van der Waals surface area contributed by atoms with E-state index in [9.17, 15) is 4.79 Å². The van der Waals surface area contributed by atoms with Gasteiger partial charge in [0.05, 0.1) is 12.3 Å². The highest BCUT2D eigenvalue weighted by molar-refractivity contribution is 7.11. The molecular weight excluding hydrogens is 250 g/mol. The molecule has 1 aromatic heterocycles. The van der Waals surface area contributed by atoms with Crippen LogP contribution in [-0.4, -0.2) is 48.1 Å². The molecule has 1 N–H and O–H groups in total. The lowest BCUT2D eigenvalue weighted by Gasteiger charge is -2.33. The number of nitrogens with zero attached hydrogens (tertiary/aromatic N) is 2. The quantitative estimate of drug-likeness (QED) is 0.830. The van der Waals surface area contributed by atoms with E-state index in [1.165, 1.54) is 11.3 Å². The predicted molar refractivity (Wildman–Crippen MR) is 70.8 cm³/mol. The minimum Gasteiger partial charge on any atom is -0.461 e. The number of carbonyl (C=O) groups is 1. The monoisotopic (exact) mass is 269 g/mol. The molecule has 0 aromatic carbocycles. The summed E-state index contributed by atoms with van der Waals surface area (Å²) in [7, 11) is 0. The van der Waals surface area contributed by atoms with Gasteiger partial charge in [-0.25, -0.2) is 9.78 Å². The summed E-state index contributed by atoms with van der Waals surface area (Å²) in [5.74, 6) is -0.317. The van der Waals surface area contributed by atoms with Crippen LogP contribution in [-0.2, 0) is 11.3 Å². The number of rotatable bonds is 4. The molecule has 0 radical (unpaired) electrons. The summed E-state index contributed by atoms with van der Waals surface area (Å²) >= 11 is 1.36. The Morgan fingerprint density at radius 3 is 3.28 bits per heavy atom. The van der Waals surface area contributed by atoms with Crippen molar-refractivity contribution in [2.75, 3.05) is 26.2 Å². The Hall–Kier alpha value is -0.980. The highest BCUT2D eigenvalue weighted by Crippen LogP contribution is 2.15. The van der Waals surface area contributed by atoms with E-state index in [-0.39, 0.29) is 5.97 Å². The van der Waals surface area contributed by atoms with Crippen LogP contribution in [0.25, 0.3) is 0 Å². The number of hydrogen-bond acceptors (Lipinski definition) is 6. The van der Waals surface area contributed by atoms with E-state index >= 15 is 0 Å². The van der Waals surface area contributed by atoms with Gasteiger partial charge in [-0.1, -0.05) is 0 Å². The van der Waals surface area contributed by atoms with E-state index in [1.807, 2.05) is 5.38 Å². The first-order valence-corrected chi connectivity index (χ1v) is 7.15. The van der Waals surface area contributed by atoms with Crippen molar-refractivity contribution >= 4 is 17.3 Å². The summed E-state index contributed by atoms with van der Waals surface area (Å²) in [6.07, 6.45) is 0. The van der Waals surface area contributed by atoms with E-state index < -0.39 is 0 Å². The Morgan fingerprint density at radius 1 is 1.72 bits per heavy atom. The molecule has 1 unspecified atom stereocenters. The third-order valence-corrected chi connectivity index (χ3v) is 3.88. The second-order valence-corrected chi connectivity index (χ2v) is 5.25. The second-order valence-electron chi connectivity index (χ2n) is 4.39. The van der Waals surface area contributed by atoms with E-state index in [0.29, 0.717) is 17.7 Å². The van der Waals surface area contributed by atoms with Crippen molar-refractivity contribution in [3.63, 3.8) is 0 Å². The molecule has 18 heavy (non-hydrogen) atoms. The molecule has 0 aliphatic carbocycles. The molecule has 1 saturated heterocycles. The van der Waals surface area contributed by atoms with Crippen LogP contribution >= 0.6 is 11.3 Å². The number of aromatic nitrogens is 1. The molecular formula is C12H19N3O2S. The number of nitrogens with one attached hydrogen (secondary N) is 1. The lowest BCUT2D eigenvalue weighted by atomic mass is 10.2. The lowest BCUT2D eigenvalue weighted by molar-refractivity contribution is 0.0525. The number of esters is 1. The highest BCUT2D eigenvalue weighted by Gasteiger charge is 2.20. The highest BCUT2D eigenvalue weighted by atomic mass is 32.1. The molecule has 0 spiro atoms. The minimum absolute atomic E-state index is 0.317. The zero-order chi connectivity index (χ0) is 13.0. The molecule has 0 bridgehead atoms. The summed E-state index contributed by atoms with van der Waals surface area (Å²) in [5.41, 5.74) is 0.955. The maximum atomic E-state index is 11.5. The molecule has 1 aromatic rings. The van der Waals surface area contributed by atoms with Crippen LogP contribution in [0.4, 0.5) is 0 Å². The third kappa shape index (κ3) is 3.28. The van der Waals surface area contributed by atoms with Gasteiger partial charge in [-0.05, 0) is 13.8 Å². The molecule has 0 saturated carbocycles. The van der Waals surface area contributed by atoms with Crippen molar-refractivity contribution in [1.29, 1.82) is 0 Å². The smallest absolute Gasteiger partial charge is 0.367 e. The van der Waals surface area contributed by atoms with Gasteiger partial charge in [0, 0.05) is 37.6 Å². The van der Waals surface area contributed by atoms with Gasteiger partial charge in [-0.3, -0.25) is 4.90 Å². The van der Waals surface area contributed by atoms with Gasteiger partial charge >= 0.3 is 5.97 Å². The molecule has 5 nitrogen and oxygen atoms in total. The van der Waals surface area contributed by atoms with E-state index in [1.54, 1.807) is 6.92 Å². The average Bonchev–Trinajstić information content (AvgIpc) is 2.81. The lowest BCUT2D eigenvalue weighted by Crippen LogP contribution is -2.49. The van der Waals surface area contributed by atoms with Gasteiger partial charge in [0.25, 0.3) is 0 Å². The fourth-order valence-electron chi connectivity index (χ4n) is 1.99. The van der Waals surface area contributed by atoms with E-state index in [2.05, 4.69) is 22.1 Å². The minimum atomic E-state index is -0.317. The van der Waals surface area contributed by atoms with Crippen LogP contribution in [0.1, 0.15) is 29.3 Å². The zero-order valence-electron chi connectivity index (χ0n) is 10.8.